The molecule has 3 nitrogen and oxygen atoms in total. The van der Waals surface area contributed by atoms with Crippen molar-refractivity contribution in [1.29, 1.82) is 0 Å². The zero-order chi connectivity index (χ0) is 14.9. The minimum atomic E-state index is -0.519. The number of hydrogen-bond acceptors (Lipinski definition) is 3. The van der Waals surface area contributed by atoms with Gasteiger partial charge in [0.1, 0.15) is 11.9 Å². The molecule has 110 valence electrons. The maximum Gasteiger partial charge on any atom is 0.338 e. The number of nitrogen functional groups attached to an aromatic ring is 1. The second-order valence-electron chi connectivity index (χ2n) is 6.71. The van der Waals surface area contributed by atoms with Gasteiger partial charge in [-0.2, -0.15) is 0 Å². The topological polar surface area (TPSA) is 52.3 Å². The lowest BCUT2D eigenvalue weighted by Gasteiger charge is -2.38. The van der Waals surface area contributed by atoms with Gasteiger partial charge in [0.2, 0.25) is 0 Å². The Bertz CT molecular complexity index is 493. The van der Waals surface area contributed by atoms with Crippen molar-refractivity contribution in [2.45, 2.75) is 46.1 Å². The lowest BCUT2D eigenvalue weighted by atomic mass is 9.71. The normalized spacial score (nSPS) is 25.2. The summed E-state index contributed by atoms with van der Waals surface area (Å²) in [5.41, 5.74) is 6.13. The average molecular weight is 279 g/mol. The molecule has 20 heavy (non-hydrogen) atoms. The molecule has 0 saturated heterocycles. The van der Waals surface area contributed by atoms with Gasteiger partial charge in [-0.25, -0.2) is 9.18 Å². The first-order chi connectivity index (χ1) is 9.25. The third kappa shape index (κ3) is 3.71. The Balaban J connectivity index is 2.07. The van der Waals surface area contributed by atoms with Gasteiger partial charge >= 0.3 is 5.97 Å². The molecule has 0 spiro atoms. The highest BCUT2D eigenvalue weighted by Gasteiger charge is 2.34. The van der Waals surface area contributed by atoms with Crippen LogP contribution in [0.5, 0.6) is 0 Å². The standard InChI is InChI=1S/C16H22FNO2/c1-10-4-14(9-16(2,3)8-10)20-15(19)11-5-12(17)7-13(18)6-11/h5-7,10,14H,4,8-9,18H2,1-3H3. The average Bonchev–Trinajstić information content (AvgIpc) is 2.24. The highest BCUT2D eigenvalue weighted by molar-refractivity contribution is 5.90. The summed E-state index contributed by atoms with van der Waals surface area (Å²) in [6, 6.07) is 3.79. The summed E-state index contributed by atoms with van der Waals surface area (Å²) >= 11 is 0. The quantitative estimate of drug-likeness (QED) is 0.662. The van der Waals surface area contributed by atoms with E-state index in [9.17, 15) is 9.18 Å². The van der Waals surface area contributed by atoms with Crippen molar-refractivity contribution in [3.8, 4) is 0 Å². The smallest absolute Gasteiger partial charge is 0.338 e. The monoisotopic (exact) mass is 279 g/mol. The van der Waals surface area contributed by atoms with Crippen LogP contribution in [0.3, 0.4) is 0 Å². The second-order valence-corrected chi connectivity index (χ2v) is 6.71. The van der Waals surface area contributed by atoms with Gasteiger partial charge in [0.15, 0.2) is 0 Å². The lowest BCUT2D eigenvalue weighted by Crippen LogP contribution is -2.34. The van der Waals surface area contributed by atoms with Gasteiger partial charge in [-0.15, -0.1) is 0 Å². The van der Waals surface area contributed by atoms with E-state index in [4.69, 9.17) is 10.5 Å². The molecule has 2 unspecified atom stereocenters. The van der Waals surface area contributed by atoms with Crippen LogP contribution in [-0.4, -0.2) is 12.1 Å². The zero-order valence-electron chi connectivity index (χ0n) is 12.3. The Morgan fingerprint density at radius 2 is 2.05 bits per heavy atom. The predicted octanol–water partition coefficient (Wildman–Crippen LogP) is 3.78. The van der Waals surface area contributed by atoms with Crippen molar-refractivity contribution in [1.82, 2.24) is 0 Å². The van der Waals surface area contributed by atoms with E-state index in [0.717, 1.165) is 25.3 Å². The molecule has 2 N–H and O–H groups in total. The number of nitrogens with two attached hydrogens (primary N) is 1. The number of carbonyl (C=O) groups excluding carboxylic acids is 1. The van der Waals surface area contributed by atoms with E-state index in [2.05, 4.69) is 20.8 Å². The predicted molar refractivity (Wildman–Crippen MR) is 76.8 cm³/mol. The molecule has 0 amide bonds. The van der Waals surface area contributed by atoms with E-state index in [-0.39, 0.29) is 22.8 Å². The van der Waals surface area contributed by atoms with Crippen LogP contribution >= 0.6 is 0 Å². The van der Waals surface area contributed by atoms with Crippen molar-refractivity contribution in [3.05, 3.63) is 29.6 Å². The number of esters is 1. The number of halogens is 1. The van der Waals surface area contributed by atoms with Crippen LogP contribution in [0.15, 0.2) is 18.2 Å². The Kier molecular flexibility index (Phi) is 4.02. The first-order valence-corrected chi connectivity index (χ1v) is 7.02. The van der Waals surface area contributed by atoms with Gasteiger partial charge < -0.3 is 10.5 Å². The van der Waals surface area contributed by atoms with Crippen LogP contribution in [0.25, 0.3) is 0 Å². The molecule has 1 aromatic rings. The maximum atomic E-state index is 13.3. The fraction of sp³-hybridized carbons (Fsp3) is 0.562. The molecule has 1 fully saturated rings. The SMILES string of the molecule is CC1CC(OC(=O)c2cc(N)cc(F)c2)CC(C)(C)C1. The minimum Gasteiger partial charge on any atom is -0.459 e. The van der Waals surface area contributed by atoms with Gasteiger partial charge in [0.25, 0.3) is 0 Å². The third-order valence-corrected chi connectivity index (χ3v) is 3.78. The van der Waals surface area contributed by atoms with Crippen LogP contribution in [0.2, 0.25) is 0 Å². The third-order valence-electron chi connectivity index (χ3n) is 3.78. The highest BCUT2D eigenvalue weighted by atomic mass is 19.1. The number of carbonyl (C=O) groups is 1. The number of benzene rings is 1. The van der Waals surface area contributed by atoms with Gasteiger partial charge in [0, 0.05) is 5.69 Å². The number of ether oxygens (including phenoxy) is 1. The zero-order valence-corrected chi connectivity index (χ0v) is 12.3. The fourth-order valence-corrected chi connectivity index (χ4v) is 3.30. The summed E-state index contributed by atoms with van der Waals surface area (Å²) < 4.78 is 18.8. The van der Waals surface area contributed by atoms with E-state index >= 15 is 0 Å². The van der Waals surface area contributed by atoms with Crippen LogP contribution in [0.1, 0.15) is 50.4 Å². The van der Waals surface area contributed by atoms with Crippen molar-refractivity contribution in [3.63, 3.8) is 0 Å². The molecular weight excluding hydrogens is 257 g/mol. The molecule has 2 rings (SSSR count). The lowest BCUT2D eigenvalue weighted by molar-refractivity contribution is -0.00718. The summed E-state index contributed by atoms with van der Waals surface area (Å²) in [7, 11) is 0. The van der Waals surface area contributed by atoms with Gasteiger partial charge in [0.05, 0.1) is 5.56 Å². The summed E-state index contributed by atoms with van der Waals surface area (Å²) in [4.78, 5) is 12.1. The van der Waals surface area contributed by atoms with Crippen molar-refractivity contribution in [2.24, 2.45) is 11.3 Å². The van der Waals surface area contributed by atoms with Crippen LogP contribution < -0.4 is 5.73 Å². The Morgan fingerprint density at radius 3 is 2.65 bits per heavy atom. The number of anilines is 1. The molecule has 1 saturated carbocycles. The molecule has 0 heterocycles. The van der Waals surface area contributed by atoms with E-state index in [1.165, 1.54) is 12.1 Å². The molecule has 2 atom stereocenters. The van der Waals surface area contributed by atoms with E-state index in [1.807, 2.05) is 0 Å². The Labute approximate surface area is 119 Å². The fourth-order valence-electron chi connectivity index (χ4n) is 3.30. The summed E-state index contributed by atoms with van der Waals surface area (Å²) in [5.74, 6) is -0.491. The molecule has 0 bridgehead atoms. The van der Waals surface area contributed by atoms with E-state index in [0.29, 0.717) is 5.92 Å². The van der Waals surface area contributed by atoms with Gasteiger partial charge in [-0.05, 0) is 48.8 Å². The van der Waals surface area contributed by atoms with Crippen molar-refractivity contribution >= 4 is 11.7 Å². The number of hydrogen-bond donors (Lipinski definition) is 1. The maximum absolute atomic E-state index is 13.3. The van der Waals surface area contributed by atoms with E-state index in [1.54, 1.807) is 0 Å². The van der Waals surface area contributed by atoms with Crippen LogP contribution in [-0.2, 0) is 4.74 Å². The van der Waals surface area contributed by atoms with Crippen molar-refractivity contribution in [2.75, 3.05) is 5.73 Å². The Morgan fingerprint density at radius 1 is 1.35 bits per heavy atom. The molecular formula is C16H22FNO2. The molecule has 0 aliphatic heterocycles. The molecule has 1 aliphatic rings. The summed E-state index contributed by atoms with van der Waals surface area (Å²) in [6.45, 7) is 6.54. The molecule has 1 aromatic carbocycles. The molecule has 4 heteroatoms. The van der Waals surface area contributed by atoms with Gasteiger partial charge in [-0.3, -0.25) is 0 Å². The first-order valence-electron chi connectivity index (χ1n) is 7.02. The highest BCUT2D eigenvalue weighted by Crippen LogP contribution is 2.39. The van der Waals surface area contributed by atoms with Gasteiger partial charge in [-0.1, -0.05) is 20.8 Å². The molecule has 1 aliphatic carbocycles. The van der Waals surface area contributed by atoms with Crippen LogP contribution in [0, 0.1) is 17.2 Å². The molecule has 0 radical (unpaired) electrons. The Hall–Kier alpha value is -1.58. The minimum absolute atomic E-state index is 0.106. The number of rotatable bonds is 2. The van der Waals surface area contributed by atoms with Crippen molar-refractivity contribution < 1.29 is 13.9 Å². The summed E-state index contributed by atoms with van der Waals surface area (Å²) in [6.07, 6.45) is 2.73. The van der Waals surface area contributed by atoms with Crippen LogP contribution in [0.4, 0.5) is 10.1 Å². The van der Waals surface area contributed by atoms with E-state index < -0.39 is 11.8 Å². The largest absolute Gasteiger partial charge is 0.459 e. The molecule has 0 aromatic heterocycles. The first kappa shape index (κ1) is 14.8. The second kappa shape index (κ2) is 5.43. The summed E-state index contributed by atoms with van der Waals surface area (Å²) in [5, 5.41) is 0.